The third kappa shape index (κ3) is 2.75. The molecule has 2 atom stereocenters. The van der Waals surface area contributed by atoms with Crippen molar-refractivity contribution in [2.45, 2.75) is 56.5 Å². The Labute approximate surface area is 119 Å². The fourth-order valence-corrected chi connectivity index (χ4v) is 4.67. The molecule has 1 aromatic heterocycles. The number of fused-ring (bicyclic) bond motifs is 2. The SMILES string of the molecule is Cc1cc(CS(=O)(=O)N(C)C2CC3CCC(C2)N3)no1. The van der Waals surface area contributed by atoms with Gasteiger partial charge in [0.05, 0.1) is 0 Å². The maximum absolute atomic E-state index is 12.5. The fourth-order valence-electron chi connectivity index (χ4n) is 3.33. The van der Waals surface area contributed by atoms with E-state index in [1.54, 1.807) is 24.3 Å². The van der Waals surface area contributed by atoms with Crippen LogP contribution in [0, 0.1) is 6.92 Å². The lowest BCUT2D eigenvalue weighted by molar-refractivity contribution is 0.251. The van der Waals surface area contributed by atoms with Gasteiger partial charge in [0, 0.05) is 31.2 Å². The van der Waals surface area contributed by atoms with Crippen LogP contribution < -0.4 is 5.32 Å². The highest BCUT2D eigenvalue weighted by atomic mass is 32.2. The van der Waals surface area contributed by atoms with Gasteiger partial charge in [0.1, 0.15) is 17.2 Å². The maximum Gasteiger partial charge on any atom is 0.219 e. The van der Waals surface area contributed by atoms with Gasteiger partial charge >= 0.3 is 0 Å². The van der Waals surface area contributed by atoms with E-state index in [2.05, 4.69) is 10.5 Å². The Morgan fingerprint density at radius 3 is 2.60 bits per heavy atom. The van der Waals surface area contributed by atoms with Gasteiger partial charge in [-0.25, -0.2) is 12.7 Å². The molecule has 0 spiro atoms. The van der Waals surface area contributed by atoms with Gasteiger partial charge < -0.3 is 9.84 Å². The topological polar surface area (TPSA) is 75.4 Å². The lowest BCUT2D eigenvalue weighted by Gasteiger charge is -2.34. The second-order valence-corrected chi connectivity index (χ2v) is 7.99. The number of aromatic nitrogens is 1. The number of hydrogen-bond acceptors (Lipinski definition) is 5. The molecule has 0 radical (unpaired) electrons. The summed E-state index contributed by atoms with van der Waals surface area (Å²) in [5.74, 6) is 0.554. The summed E-state index contributed by atoms with van der Waals surface area (Å²) < 4.78 is 31.4. The predicted octanol–water partition coefficient (Wildman–Crippen LogP) is 1.03. The van der Waals surface area contributed by atoms with Crippen molar-refractivity contribution in [3.63, 3.8) is 0 Å². The molecule has 0 aliphatic carbocycles. The highest BCUT2D eigenvalue weighted by Gasteiger charge is 2.38. The smallest absolute Gasteiger partial charge is 0.219 e. The quantitative estimate of drug-likeness (QED) is 0.898. The molecular weight excluding hydrogens is 278 g/mol. The van der Waals surface area contributed by atoms with Gasteiger partial charge in [-0.05, 0) is 32.6 Å². The van der Waals surface area contributed by atoms with Crippen molar-refractivity contribution in [3.8, 4) is 0 Å². The molecule has 1 aromatic rings. The Morgan fingerprint density at radius 1 is 1.40 bits per heavy atom. The van der Waals surface area contributed by atoms with E-state index in [0.29, 0.717) is 23.5 Å². The monoisotopic (exact) mass is 299 g/mol. The summed E-state index contributed by atoms with van der Waals surface area (Å²) in [5, 5.41) is 7.31. The fraction of sp³-hybridized carbons (Fsp3) is 0.769. The van der Waals surface area contributed by atoms with E-state index in [9.17, 15) is 8.42 Å². The summed E-state index contributed by atoms with van der Waals surface area (Å²) in [5.41, 5.74) is 0.478. The first-order valence-corrected chi connectivity index (χ1v) is 8.69. The molecule has 112 valence electrons. The maximum atomic E-state index is 12.5. The lowest BCUT2D eigenvalue weighted by atomic mass is 10.0. The Bertz CT molecular complexity index is 571. The van der Waals surface area contributed by atoms with Crippen LogP contribution in [0.25, 0.3) is 0 Å². The standard InChI is InChI=1S/C13H21N3O3S/c1-9-5-12(15-19-9)8-20(17,18)16(2)13-6-10-3-4-11(7-13)14-10/h5,10-11,13-14H,3-4,6-8H2,1-2H3. The van der Waals surface area contributed by atoms with E-state index in [4.69, 9.17) is 4.52 Å². The minimum atomic E-state index is -3.34. The van der Waals surface area contributed by atoms with E-state index in [1.165, 1.54) is 0 Å². The molecule has 2 aliphatic heterocycles. The lowest BCUT2D eigenvalue weighted by Crippen LogP contribution is -2.48. The number of sulfonamides is 1. The number of nitrogens with one attached hydrogen (secondary N) is 1. The summed E-state index contributed by atoms with van der Waals surface area (Å²) >= 11 is 0. The molecule has 7 heteroatoms. The number of hydrogen-bond donors (Lipinski definition) is 1. The Kier molecular flexibility index (Phi) is 3.60. The molecule has 20 heavy (non-hydrogen) atoms. The first-order chi connectivity index (χ1) is 9.44. The highest BCUT2D eigenvalue weighted by molar-refractivity contribution is 7.88. The first-order valence-electron chi connectivity index (χ1n) is 7.08. The van der Waals surface area contributed by atoms with Crippen LogP contribution in [0.4, 0.5) is 0 Å². The minimum absolute atomic E-state index is 0.0832. The first kappa shape index (κ1) is 14.0. The zero-order valence-corrected chi connectivity index (χ0v) is 12.7. The summed E-state index contributed by atoms with van der Waals surface area (Å²) in [4.78, 5) is 0. The van der Waals surface area contributed by atoms with Crippen LogP contribution in [-0.2, 0) is 15.8 Å². The van der Waals surface area contributed by atoms with Gasteiger partial charge in [-0.1, -0.05) is 5.16 Å². The molecule has 2 saturated heterocycles. The summed E-state index contributed by atoms with van der Waals surface area (Å²) in [6.45, 7) is 1.76. The van der Waals surface area contributed by atoms with Gasteiger partial charge in [0.15, 0.2) is 0 Å². The van der Waals surface area contributed by atoms with Crippen LogP contribution in [0.2, 0.25) is 0 Å². The highest BCUT2D eigenvalue weighted by Crippen LogP contribution is 2.30. The van der Waals surface area contributed by atoms with E-state index < -0.39 is 10.0 Å². The van der Waals surface area contributed by atoms with Crippen LogP contribution in [0.3, 0.4) is 0 Å². The largest absolute Gasteiger partial charge is 0.361 e. The zero-order chi connectivity index (χ0) is 14.3. The molecule has 0 aromatic carbocycles. The number of aryl methyl sites for hydroxylation is 1. The van der Waals surface area contributed by atoms with E-state index in [-0.39, 0.29) is 11.8 Å². The van der Waals surface area contributed by atoms with Crippen molar-refractivity contribution in [1.29, 1.82) is 0 Å². The van der Waals surface area contributed by atoms with Gasteiger partial charge in [-0.2, -0.15) is 0 Å². The van der Waals surface area contributed by atoms with Crippen LogP contribution >= 0.6 is 0 Å². The van der Waals surface area contributed by atoms with Crippen LogP contribution in [0.5, 0.6) is 0 Å². The third-order valence-corrected chi connectivity index (χ3v) is 6.24. The molecule has 2 bridgehead atoms. The van der Waals surface area contributed by atoms with E-state index in [1.807, 2.05) is 0 Å². The van der Waals surface area contributed by atoms with Crippen LogP contribution in [-0.4, -0.2) is 43.1 Å². The minimum Gasteiger partial charge on any atom is -0.361 e. The molecule has 0 saturated carbocycles. The van der Waals surface area contributed by atoms with Gasteiger partial charge in [-0.15, -0.1) is 0 Å². The molecule has 1 N–H and O–H groups in total. The average molecular weight is 299 g/mol. The van der Waals surface area contributed by atoms with Gasteiger partial charge in [-0.3, -0.25) is 0 Å². The Morgan fingerprint density at radius 2 is 2.05 bits per heavy atom. The zero-order valence-electron chi connectivity index (χ0n) is 11.9. The molecule has 3 heterocycles. The Balaban J connectivity index is 1.70. The summed E-state index contributed by atoms with van der Waals surface area (Å²) in [7, 11) is -1.64. The van der Waals surface area contributed by atoms with Gasteiger partial charge in [0.2, 0.25) is 10.0 Å². The summed E-state index contributed by atoms with van der Waals surface area (Å²) in [6, 6.07) is 2.74. The molecule has 0 amide bonds. The number of rotatable bonds is 4. The van der Waals surface area contributed by atoms with Crippen molar-refractivity contribution in [3.05, 3.63) is 17.5 Å². The van der Waals surface area contributed by atoms with Crippen LogP contribution in [0.15, 0.2) is 10.6 Å². The van der Waals surface area contributed by atoms with Crippen molar-refractivity contribution in [1.82, 2.24) is 14.8 Å². The molecule has 2 aliphatic rings. The second-order valence-electron chi connectivity index (χ2n) is 5.96. The van der Waals surface area contributed by atoms with Gasteiger partial charge in [0.25, 0.3) is 0 Å². The predicted molar refractivity (Wildman–Crippen MR) is 74.6 cm³/mol. The van der Waals surface area contributed by atoms with Crippen molar-refractivity contribution >= 4 is 10.0 Å². The van der Waals surface area contributed by atoms with E-state index in [0.717, 1.165) is 25.7 Å². The molecule has 3 rings (SSSR count). The van der Waals surface area contributed by atoms with Crippen molar-refractivity contribution < 1.29 is 12.9 Å². The normalized spacial score (nSPS) is 30.1. The Hall–Kier alpha value is -0.920. The van der Waals surface area contributed by atoms with E-state index >= 15 is 0 Å². The van der Waals surface area contributed by atoms with Crippen LogP contribution in [0.1, 0.15) is 37.1 Å². The molecule has 6 nitrogen and oxygen atoms in total. The van der Waals surface area contributed by atoms with Crippen molar-refractivity contribution in [2.75, 3.05) is 7.05 Å². The molecule has 2 fully saturated rings. The van der Waals surface area contributed by atoms with Crippen molar-refractivity contribution in [2.24, 2.45) is 0 Å². The number of piperidine rings is 1. The third-order valence-electron chi connectivity index (χ3n) is 4.41. The molecule has 2 unspecified atom stereocenters. The number of nitrogens with zero attached hydrogens (tertiary/aromatic N) is 2. The second kappa shape index (κ2) is 5.13. The molecular formula is C13H21N3O3S. The summed E-state index contributed by atoms with van der Waals surface area (Å²) in [6.07, 6.45) is 4.14. The average Bonchev–Trinajstić information content (AvgIpc) is 2.94.